The zero-order chi connectivity index (χ0) is 34.2. The molecule has 47 heavy (non-hydrogen) atoms. The SMILES string of the molecule is CCCCCCCC/C=C/CCCCCCCC(=O)OC1CC(C(=O)O)N(C(=O)CCCCCCC/C=C/CCCCCCCC)C1. The first-order valence-corrected chi connectivity index (χ1v) is 20.0. The summed E-state index contributed by atoms with van der Waals surface area (Å²) in [5, 5.41) is 9.70. The van der Waals surface area contributed by atoms with Crippen molar-refractivity contribution in [2.45, 2.75) is 212 Å². The number of hydrogen-bond acceptors (Lipinski definition) is 4. The molecule has 1 aliphatic heterocycles. The van der Waals surface area contributed by atoms with Crippen molar-refractivity contribution in [1.82, 2.24) is 4.90 Å². The minimum atomic E-state index is -1.02. The Labute approximate surface area is 289 Å². The molecule has 0 spiro atoms. The van der Waals surface area contributed by atoms with Crippen LogP contribution in [0.1, 0.15) is 200 Å². The van der Waals surface area contributed by atoms with Crippen LogP contribution in [0, 0.1) is 0 Å². The summed E-state index contributed by atoms with van der Waals surface area (Å²) < 4.78 is 5.61. The van der Waals surface area contributed by atoms with Crippen molar-refractivity contribution >= 4 is 17.8 Å². The van der Waals surface area contributed by atoms with Gasteiger partial charge in [-0.2, -0.15) is 0 Å². The number of esters is 1. The lowest BCUT2D eigenvalue weighted by Gasteiger charge is -2.21. The number of ether oxygens (including phenoxy) is 1. The van der Waals surface area contributed by atoms with Gasteiger partial charge in [0.2, 0.25) is 5.91 Å². The third-order valence-corrected chi connectivity index (χ3v) is 9.46. The molecule has 0 aromatic heterocycles. The van der Waals surface area contributed by atoms with Crippen molar-refractivity contribution in [2.75, 3.05) is 6.54 Å². The van der Waals surface area contributed by atoms with E-state index in [4.69, 9.17) is 4.74 Å². The summed E-state index contributed by atoms with van der Waals surface area (Å²) in [7, 11) is 0. The minimum absolute atomic E-state index is 0.133. The molecule has 0 aromatic rings. The molecule has 2 unspecified atom stereocenters. The summed E-state index contributed by atoms with van der Waals surface area (Å²) in [5.41, 5.74) is 0. The normalized spacial score (nSPS) is 16.5. The van der Waals surface area contributed by atoms with Crippen LogP contribution in [0.15, 0.2) is 24.3 Å². The standard InChI is InChI=1S/C41H73NO5/c1-3-5-7-9-11-13-15-17-19-21-23-25-27-29-31-33-39(43)42-36-37(35-38(42)41(45)46)47-40(44)34-32-30-28-26-24-22-20-18-16-14-12-10-8-6-4-2/h17-20,37-38H,3-16,21-36H2,1-2H3,(H,45,46)/b19-17+,20-18+. The first kappa shape index (κ1) is 42.9. The highest BCUT2D eigenvalue weighted by atomic mass is 16.5. The van der Waals surface area contributed by atoms with Gasteiger partial charge in [-0.3, -0.25) is 9.59 Å². The molecule has 0 radical (unpaired) electrons. The summed E-state index contributed by atoms with van der Waals surface area (Å²) in [5.74, 6) is -1.42. The Hall–Kier alpha value is -2.11. The molecule has 272 valence electrons. The van der Waals surface area contributed by atoms with Gasteiger partial charge in [-0.1, -0.05) is 141 Å². The monoisotopic (exact) mass is 660 g/mol. The molecule has 6 nitrogen and oxygen atoms in total. The molecule has 2 atom stereocenters. The fourth-order valence-electron chi connectivity index (χ4n) is 6.47. The molecule has 0 saturated carbocycles. The quantitative estimate of drug-likeness (QED) is 0.0441. The Balaban J connectivity index is 2.08. The highest BCUT2D eigenvalue weighted by molar-refractivity contribution is 5.84. The first-order valence-electron chi connectivity index (χ1n) is 20.0. The molecule has 6 heteroatoms. The van der Waals surface area contributed by atoms with Gasteiger partial charge in [-0.25, -0.2) is 4.79 Å². The summed E-state index contributed by atoms with van der Waals surface area (Å²) >= 11 is 0. The number of carbonyl (C=O) groups is 3. The van der Waals surface area contributed by atoms with E-state index in [0.717, 1.165) is 57.8 Å². The number of carboxylic acids is 1. The molecule has 1 rings (SSSR count). The van der Waals surface area contributed by atoms with Gasteiger partial charge < -0.3 is 14.7 Å². The van der Waals surface area contributed by atoms with Crippen molar-refractivity contribution in [3.05, 3.63) is 24.3 Å². The number of carbonyl (C=O) groups excluding carboxylic acids is 2. The van der Waals surface area contributed by atoms with Gasteiger partial charge in [0.1, 0.15) is 12.1 Å². The van der Waals surface area contributed by atoms with Crippen molar-refractivity contribution in [3.8, 4) is 0 Å². The second kappa shape index (κ2) is 31.2. The lowest BCUT2D eigenvalue weighted by molar-refractivity contribution is -0.149. The van der Waals surface area contributed by atoms with E-state index in [-0.39, 0.29) is 24.8 Å². The van der Waals surface area contributed by atoms with E-state index in [9.17, 15) is 19.5 Å². The number of allylic oxidation sites excluding steroid dienone is 4. The predicted molar refractivity (Wildman–Crippen MR) is 197 cm³/mol. The van der Waals surface area contributed by atoms with Gasteiger partial charge in [0, 0.05) is 19.3 Å². The van der Waals surface area contributed by atoms with E-state index < -0.39 is 18.1 Å². The Morgan fingerprint density at radius 3 is 1.38 bits per heavy atom. The highest BCUT2D eigenvalue weighted by Crippen LogP contribution is 2.23. The van der Waals surface area contributed by atoms with E-state index in [0.29, 0.717) is 12.8 Å². The summed E-state index contributed by atoms with van der Waals surface area (Å²) in [6, 6.07) is -0.900. The fourth-order valence-corrected chi connectivity index (χ4v) is 6.47. The minimum Gasteiger partial charge on any atom is -0.480 e. The molecule has 1 N–H and O–H groups in total. The van der Waals surface area contributed by atoms with E-state index in [1.807, 2.05) is 0 Å². The lowest BCUT2D eigenvalue weighted by atomic mass is 10.1. The van der Waals surface area contributed by atoms with E-state index in [1.54, 1.807) is 0 Å². The van der Waals surface area contributed by atoms with E-state index in [1.165, 1.54) is 114 Å². The lowest BCUT2D eigenvalue weighted by Crippen LogP contribution is -2.40. The number of carboxylic acid groups (broad SMARTS) is 1. The van der Waals surface area contributed by atoms with Crippen LogP contribution in [0.4, 0.5) is 0 Å². The highest BCUT2D eigenvalue weighted by Gasteiger charge is 2.41. The number of hydrogen-bond donors (Lipinski definition) is 1. The van der Waals surface area contributed by atoms with E-state index >= 15 is 0 Å². The maximum absolute atomic E-state index is 12.9. The van der Waals surface area contributed by atoms with Crippen LogP contribution < -0.4 is 0 Å². The number of amides is 1. The Bertz CT molecular complexity index is 838. The smallest absolute Gasteiger partial charge is 0.326 e. The number of likely N-dealkylation sites (tertiary alicyclic amines) is 1. The van der Waals surface area contributed by atoms with Crippen LogP contribution in [-0.2, 0) is 19.1 Å². The molecule has 0 bridgehead atoms. The Kier molecular flexibility index (Phi) is 28.5. The number of unbranched alkanes of at least 4 members (excludes halogenated alkanes) is 22. The zero-order valence-corrected chi connectivity index (χ0v) is 30.7. The Morgan fingerprint density at radius 2 is 0.957 bits per heavy atom. The second-order valence-electron chi connectivity index (χ2n) is 13.9. The maximum Gasteiger partial charge on any atom is 0.326 e. The molecule has 1 fully saturated rings. The average molecular weight is 660 g/mol. The fraction of sp³-hybridized carbons (Fsp3) is 0.829. The topological polar surface area (TPSA) is 83.9 Å². The first-order chi connectivity index (χ1) is 23.0. The number of rotatable bonds is 32. The zero-order valence-electron chi connectivity index (χ0n) is 30.7. The molecule has 1 aliphatic rings. The summed E-state index contributed by atoms with van der Waals surface area (Å²) in [4.78, 5) is 38.6. The molecule has 1 heterocycles. The van der Waals surface area contributed by atoms with Gasteiger partial charge in [0.05, 0.1) is 6.54 Å². The number of nitrogens with zero attached hydrogens (tertiary/aromatic N) is 1. The third-order valence-electron chi connectivity index (χ3n) is 9.46. The third kappa shape index (κ3) is 24.7. The summed E-state index contributed by atoms with van der Waals surface area (Å²) in [6.45, 7) is 4.70. The van der Waals surface area contributed by atoms with Crippen LogP contribution in [0.3, 0.4) is 0 Å². The second-order valence-corrected chi connectivity index (χ2v) is 13.9. The van der Waals surface area contributed by atoms with Crippen LogP contribution in [0.25, 0.3) is 0 Å². The van der Waals surface area contributed by atoms with Gasteiger partial charge in [0.15, 0.2) is 0 Å². The van der Waals surface area contributed by atoms with Crippen LogP contribution in [0.5, 0.6) is 0 Å². The number of aliphatic carboxylic acids is 1. The van der Waals surface area contributed by atoms with Crippen LogP contribution in [0.2, 0.25) is 0 Å². The van der Waals surface area contributed by atoms with Crippen molar-refractivity contribution in [3.63, 3.8) is 0 Å². The Morgan fingerprint density at radius 1 is 0.574 bits per heavy atom. The molecule has 1 amide bonds. The van der Waals surface area contributed by atoms with Crippen LogP contribution >= 0.6 is 0 Å². The molecular weight excluding hydrogens is 586 g/mol. The largest absolute Gasteiger partial charge is 0.480 e. The van der Waals surface area contributed by atoms with Crippen molar-refractivity contribution < 1.29 is 24.2 Å². The van der Waals surface area contributed by atoms with Crippen molar-refractivity contribution in [1.29, 1.82) is 0 Å². The molecule has 0 aromatic carbocycles. The summed E-state index contributed by atoms with van der Waals surface area (Å²) in [6.07, 6.45) is 40.9. The van der Waals surface area contributed by atoms with Gasteiger partial charge in [-0.15, -0.1) is 0 Å². The van der Waals surface area contributed by atoms with Crippen LogP contribution in [-0.4, -0.2) is 46.5 Å². The van der Waals surface area contributed by atoms with Gasteiger partial charge in [-0.05, 0) is 64.2 Å². The maximum atomic E-state index is 12.9. The van der Waals surface area contributed by atoms with E-state index in [2.05, 4.69) is 38.2 Å². The average Bonchev–Trinajstić information content (AvgIpc) is 3.49. The predicted octanol–water partition coefficient (Wildman–Crippen LogP) is 11.7. The van der Waals surface area contributed by atoms with Gasteiger partial charge in [0.25, 0.3) is 0 Å². The molecular formula is C41H73NO5. The van der Waals surface area contributed by atoms with Crippen molar-refractivity contribution in [2.24, 2.45) is 0 Å². The molecule has 1 saturated heterocycles. The molecule has 0 aliphatic carbocycles. The van der Waals surface area contributed by atoms with Gasteiger partial charge >= 0.3 is 11.9 Å².